The van der Waals surface area contributed by atoms with E-state index in [0.29, 0.717) is 26.9 Å². The Morgan fingerprint density at radius 2 is 1.74 bits per heavy atom. The molecule has 0 aliphatic carbocycles. The van der Waals surface area contributed by atoms with Crippen LogP contribution in [0.1, 0.15) is 34.7 Å². The highest BCUT2D eigenvalue weighted by Crippen LogP contribution is 2.27. The summed E-state index contributed by atoms with van der Waals surface area (Å²) in [5, 5.41) is 10.2. The summed E-state index contributed by atoms with van der Waals surface area (Å²) >= 11 is 6.32. The molecule has 162 valence electrons. The molecule has 0 aliphatic rings. The quantitative estimate of drug-likeness (QED) is 0.574. The fourth-order valence-corrected chi connectivity index (χ4v) is 3.83. The van der Waals surface area contributed by atoms with E-state index in [1.807, 2.05) is 19.9 Å². The van der Waals surface area contributed by atoms with Crippen LogP contribution in [0.2, 0.25) is 5.02 Å². The van der Waals surface area contributed by atoms with Crippen LogP contribution in [0.4, 0.5) is 11.4 Å². The third-order valence-corrected chi connectivity index (χ3v) is 5.97. The Labute approximate surface area is 188 Å². The molecule has 0 saturated heterocycles. The highest BCUT2D eigenvalue weighted by Gasteiger charge is 2.19. The molecule has 7 nitrogen and oxygen atoms in total. The van der Waals surface area contributed by atoms with Crippen molar-refractivity contribution in [3.63, 3.8) is 0 Å². The minimum atomic E-state index is -1.10. The highest BCUT2D eigenvalue weighted by atomic mass is 35.5. The minimum absolute atomic E-state index is 0.252. The van der Waals surface area contributed by atoms with Crippen molar-refractivity contribution in [3.8, 4) is 0 Å². The molecular weight excluding hydrogens is 436 g/mol. The summed E-state index contributed by atoms with van der Waals surface area (Å²) in [7, 11) is -1.10. The first kappa shape index (κ1) is 22.7. The fraction of sp³-hybridized carbons (Fsp3) is 0.227. The molecule has 3 rings (SSSR count). The van der Waals surface area contributed by atoms with Crippen molar-refractivity contribution >= 4 is 45.6 Å². The van der Waals surface area contributed by atoms with Gasteiger partial charge in [0.25, 0.3) is 5.91 Å². The minimum Gasteiger partial charge on any atom is -0.323 e. The number of carbonyl (C=O) groups excluding carboxylic acids is 2. The molecule has 1 heterocycles. The van der Waals surface area contributed by atoms with Crippen molar-refractivity contribution in [2.75, 3.05) is 16.9 Å². The Kier molecular flexibility index (Phi) is 6.92. The Hall–Kier alpha value is -2.97. The molecule has 3 aromatic rings. The Morgan fingerprint density at radius 1 is 1.06 bits per heavy atom. The van der Waals surface area contributed by atoms with Gasteiger partial charge in [-0.25, -0.2) is 0 Å². The molecule has 9 heteroatoms. The third-order valence-electron chi connectivity index (χ3n) is 4.72. The predicted octanol–water partition coefficient (Wildman–Crippen LogP) is 4.34. The topological polar surface area (TPSA) is 93.1 Å². The number of carbonyl (C=O) groups is 2. The van der Waals surface area contributed by atoms with Crippen LogP contribution in [0.5, 0.6) is 0 Å². The van der Waals surface area contributed by atoms with Crippen molar-refractivity contribution in [3.05, 3.63) is 70.5 Å². The molecule has 2 aromatic carbocycles. The van der Waals surface area contributed by atoms with E-state index in [4.69, 9.17) is 11.6 Å². The van der Waals surface area contributed by atoms with Gasteiger partial charge in [-0.05, 0) is 69.3 Å². The number of halogens is 1. The molecule has 31 heavy (non-hydrogen) atoms. The summed E-state index contributed by atoms with van der Waals surface area (Å²) in [6.45, 7) is 5.52. The van der Waals surface area contributed by atoms with Gasteiger partial charge < -0.3 is 10.6 Å². The molecule has 2 amide bonds. The van der Waals surface area contributed by atoms with Crippen molar-refractivity contribution in [2.24, 2.45) is 0 Å². The second-order valence-electron chi connectivity index (χ2n) is 7.16. The standard InChI is InChI=1S/C22H23ClN4O3S/c1-13-11-14(2)27(26-13)15(3)21(28)25-20-10-7-17(12-19(20)23)24-22(29)16-5-8-18(9-6-16)31(4)30/h5-12,15H,1-4H3,(H,24,29)(H,25,28). The zero-order chi connectivity index (χ0) is 22.7. The van der Waals surface area contributed by atoms with E-state index >= 15 is 0 Å². The van der Waals surface area contributed by atoms with E-state index in [9.17, 15) is 13.8 Å². The largest absolute Gasteiger partial charge is 0.323 e. The summed E-state index contributed by atoms with van der Waals surface area (Å²) in [4.78, 5) is 25.7. The summed E-state index contributed by atoms with van der Waals surface area (Å²) < 4.78 is 13.1. The van der Waals surface area contributed by atoms with Gasteiger partial charge in [0.2, 0.25) is 5.91 Å². The molecule has 0 saturated carbocycles. The van der Waals surface area contributed by atoms with Gasteiger partial charge >= 0.3 is 0 Å². The number of hydrogen-bond donors (Lipinski definition) is 2. The lowest BCUT2D eigenvalue weighted by Gasteiger charge is -2.16. The van der Waals surface area contributed by atoms with Crippen LogP contribution in [0, 0.1) is 13.8 Å². The molecule has 0 radical (unpaired) electrons. The van der Waals surface area contributed by atoms with Gasteiger partial charge in [-0.15, -0.1) is 0 Å². The number of aromatic nitrogens is 2. The van der Waals surface area contributed by atoms with Crippen LogP contribution in [0.25, 0.3) is 0 Å². The monoisotopic (exact) mass is 458 g/mol. The Balaban J connectivity index is 1.68. The molecule has 0 fully saturated rings. The fourth-order valence-electron chi connectivity index (χ4n) is 3.08. The van der Waals surface area contributed by atoms with Crippen molar-refractivity contribution in [1.29, 1.82) is 0 Å². The highest BCUT2D eigenvalue weighted by molar-refractivity contribution is 7.84. The lowest BCUT2D eigenvalue weighted by molar-refractivity contribution is -0.119. The number of rotatable bonds is 6. The smallest absolute Gasteiger partial charge is 0.255 e. The molecule has 0 bridgehead atoms. The maximum absolute atomic E-state index is 12.6. The van der Waals surface area contributed by atoms with Gasteiger partial charge in [0.1, 0.15) is 6.04 Å². The van der Waals surface area contributed by atoms with Gasteiger partial charge in [-0.2, -0.15) is 5.10 Å². The van der Waals surface area contributed by atoms with Gasteiger partial charge in [0.05, 0.1) is 16.4 Å². The van der Waals surface area contributed by atoms with Gasteiger partial charge in [-0.3, -0.25) is 18.5 Å². The van der Waals surface area contributed by atoms with Gasteiger partial charge in [0, 0.05) is 38.9 Å². The second kappa shape index (κ2) is 9.45. The SMILES string of the molecule is Cc1cc(C)n(C(C)C(=O)Nc2ccc(NC(=O)c3ccc(S(C)=O)cc3)cc2Cl)n1. The second-order valence-corrected chi connectivity index (χ2v) is 8.95. The normalized spacial score (nSPS) is 12.8. The number of anilines is 2. The van der Waals surface area contributed by atoms with Crippen LogP contribution in [-0.4, -0.2) is 32.1 Å². The maximum Gasteiger partial charge on any atom is 0.255 e. The van der Waals surface area contributed by atoms with Crippen LogP contribution < -0.4 is 10.6 Å². The zero-order valence-corrected chi connectivity index (χ0v) is 19.2. The van der Waals surface area contributed by atoms with E-state index in [0.717, 1.165) is 11.4 Å². The van der Waals surface area contributed by atoms with Crippen LogP contribution in [0.3, 0.4) is 0 Å². The average Bonchev–Trinajstić information content (AvgIpc) is 3.07. The number of aryl methyl sites for hydroxylation is 2. The Bertz CT molecular complexity index is 1160. The molecule has 2 atom stereocenters. The van der Waals surface area contributed by atoms with E-state index < -0.39 is 16.8 Å². The van der Waals surface area contributed by atoms with E-state index in [2.05, 4.69) is 15.7 Å². The summed E-state index contributed by atoms with van der Waals surface area (Å²) in [5.41, 5.74) is 3.09. The number of benzene rings is 2. The first-order valence-corrected chi connectivity index (χ1v) is 11.5. The number of amides is 2. The number of nitrogens with one attached hydrogen (secondary N) is 2. The number of hydrogen-bond acceptors (Lipinski definition) is 4. The van der Waals surface area contributed by atoms with Crippen LogP contribution >= 0.6 is 11.6 Å². The van der Waals surface area contributed by atoms with Gasteiger partial charge in [-0.1, -0.05) is 11.6 Å². The molecule has 1 aromatic heterocycles. The summed E-state index contributed by atoms with van der Waals surface area (Å²) in [6, 6.07) is 12.8. The molecule has 2 N–H and O–H groups in total. The summed E-state index contributed by atoms with van der Waals surface area (Å²) in [5.74, 6) is -0.572. The number of nitrogens with zero attached hydrogens (tertiary/aromatic N) is 2. The third kappa shape index (κ3) is 5.39. The average molecular weight is 459 g/mol. The molecule has 2 unspecified atom stereocenters. The van der Waals surface area contributed by atoms with Crippen molar-refractivity contribution in [1.82, 2.24) is 9.78 Å². The molecular formula is C22H23ClN4O3S. The van der Waals surface area contributed by atoms with Crippen molar-refractivity contribution in [2.45, 2.75) is 31.7 Å². The van der Waals surface area contributed by atoms with Crippen LogP contribution in [-0.2, 0) is 15.6 Å². The first-order valence-electron chi connectivity index (χ1n) is 9.53. The first-order chi connectivity index (χ1) is 14.7. The maximum atomic E-state index is 12.6. The van der Waals surface area contributed by atoms with Crippen molar-refractivity contribution < 1.29 is 13.8 Å². The van der Waals surface area contributed by atoms with Crippen LogP contribution in [0.15, 0.2) is 53.4 Å². The Morgan fingerprint density at radius 3 is 2.29 bits per heavy atom. The molecule has 0 spiro atoms. The predicted molar refractivity (Wildman–Crippen MR) is 123 cm³/mol. The lowest BCUT2D eigenvalue weighted by atomic mass is 10.2. The van der Waals surface area contributed by atoms with E-state index in [1.54, 1.807) is 60.3 Å². The van der Waals surface area contributed by atoms with E-state index in [-0.39, 0.29) is 11.8 Å². The molecule has 0 aliphatic heterocycles. The summed E-state index contributed by atoms with van der Waals surface area (Å²) in [6.07, 6.45) is 1.58. The van der Waals surface area contributed by atoms with E-state index in [1.165, 1.54) is 0 Å². The lowest BCUT2D eigenvalue weighted by Crippen LogP contribution is -2.25. The van der Waals surface area contributed by atoms with Gasteiger partial charge in [0.15, 0.2) is 0 Å². The zero-order valence-electron chi connectivity index (χ0n) is 17.6.